The summed E-state index contributed by atoms with van der Waals surface area (Å²) in [6, 6.07) is 5.38. The van der Waals surface area contributed by atoms with Crippen LogP contribution < -0.4 is 0 Å². The average Bonchev–Trinajstić information content (AvgIpc) is 2.38. The molecule has 1 aromatic rings. The highest BCUT2D eigenvalue weighted by Crippen LogP contribution is 2.27. The van der Waals surface area contributed by atoms with Crippen LogP contribution >= 0.6 is 11.6 Å². The van der Waals surface area contributed by atoms with Gasteiger partial charge in [0.2, 0.25) is 0 Å². The molecule has 0 bridgehead atoms. The summed E-state index contributed by atoms with van der Waals surface area (Å²) in [5.74, 6) is 0.152. The van der Waals surface area contributed by atoms with Gasteiger partial charge in [0.05, 0.1) is 18.2 Å². The molecule has 1 N–H and O–H groups in total. The highest BCUT2D eigenvalue weighted by molar-refractivity contribution is 6.32. The van der Waals surface area contributed by atoms with Crippen LogP contribution in [0.25, 0.3) is 0 Å². The average molecular weight is 274 g/mol. The number of hydrogen-bond donors (Lipinski definition) is 1. The molecule has 0 amide bonds. The van der Waals surface area contributed by atoms with Gasteiger partial charge in [0, 0.05) is 39.4 Å². The van der Waals surface area contributed by atoms with Gasteiger partial charge in [0.1, 0.15) is 5.75 Å². The molecular weight excluding hydrogens is 254 g/mol. The number of phenolic OH excluding ortho intramolecular Hbond substituents is 1. The molecule has 1 aromatic carbocycles. The largest absolute Gasteiger partial charge is 0.506 e. The Hall–Kier alpha value is -0.810. The number of ether oxygens (including phenoxy) is 2. The third kappa shape index (κ3) is 4.82. The fourth-order valence-corrected chi connectivity index (χ4v) is 1.83. The third-order valence-electron chi connectivity index (χ3n) is 2.69. The van der Waals surface area contributed by atoms with Gasteiger partial charge in [-0.2, -0.15) is 0 Å². The van der Waals surface area contributed by atoms with E-state index in [9.17, 15) is 5.11 Å². The summed E-state index contributed by atoms with van der Waals surface area (Å²) in [5, 5.41) is 10.3. The topological polar surface area (TPSA) is 41.9 Å². The van der Waals surface area contributed by atoms with Crippen molar-refractivity contribution >= 4 is 11.6 Å². The number of hydrogen-bond acceptors (Lipinski definition) is 4. The standard InChI is InChI=1S/C13H20ClNO3/c1-17-8-6-15(7-9-18-2)10-11-4-3-5-12(14)13(11)16/h3-5,16H,6-10H2,1-2H3. The van der Waals surface area contributed by atoms with E-state index in [1.165, 1.54) is 0 Å². The summed E-state index contributed by atoms with van der Waals surface area (Å²) < 4.78 is 10.1. The normalized spacial score (nSPS) is 11.1. The van der Waals surface area contributed by atoms with Gasteiger partial charge in [-0.15, -0.1) is 0 Å². The zero-order valence-corrected chi connectivity index (χ0v) is 11.6. The van der Waals surface area contributed by atoms with Gasteiger partial charge in [-0.3, -0.25) is 4.90 Å². The maximum Gasteiger partial charge on any atom is 0.138 e. The van der Waals surface area contributed by atoms with E-state index in [2.05, 4.69) is 4.90 Å². The van der Waals surface area contributed by atoms with Crippen molar-refractivity contribution < 1.29 is 14.6 Å². The van der Waals surface area contributed by atoms with Gasteiger partial charge >= 0.3 is 0 Å². The monoisotopic (exact) mass is 273 g/mol. The van der Waals surface area contributed by atoms with Crippen LogP contribution in [0.3, 0.4) is 0 Å². The number of aromatic hydroxyl groups is 1. The molecule has 1 rings (SSSR count). The van der Waals surface area contributed by atoms with Gasteiger partial charge in [0.25, 0.3) is 0 Å². The Balaban J connectivity index is 2.65. The number of phenols is 1. The second kappa shape index (κ2) is 8.32. The summed E-state index contributed by atoms with van der Waals surface area (Å²) in [5.41, 5.74) is 0.815. The summed E-state index contributed by atoms with van der Waals surface area (Å²) in [6.07, 6.45) is 0. The zero-order chi connectivity index (χ0) is 13.4. The van der Waals surface area contributed by atoms with Crippen LogP contribution in [0.4, 0.5) is 0 Å². The first-order valence-corrected chi connectivity index (χ1v) is 6.23. The van der Waals surface area contributed by atoms with Crippen LogP contribution in [0.15, 0.2) is 18.2 Å². The second-order valence-electron chi connectivity index (χ2n) is 4.01. The third-order valence-corrected chi connectivity index (χ3v) is 2.99. The molecule has 0 aromatic heterocycles. The highest BCUT2D eigenvalue weighted by atomic mass is 35.5. The molecule has 0 aliphatic rings. The predicted octanol–water partition coefficient (Wildman–Crippen LogP) is 2.14. The molecule has 0 spiro atoms. The first-order valence-electron chi connectivity index (χ1n) is 5.85. The van der Waals surface area contributed by atoms with Crippen molar-refractivity contribution in [3.8, 4) is 5.75 Å². The smallest absolute Gasteiger partial charge is 0.138 e. The molecular formula is C13H20ClNO3. The molecule has 102 valence electrons. The lowest BCUT2D eigenvalue weighted by atomic mass is 10.2. The van der Waals surface area contributed by atoms with Gasteiger partial charge in [-0.25, -0.2) is 0 Å². The van der Waals surface area contributed by atoms with E-state index >= 15 is 0 Å². The molecule has 0 radical (unpaired) electrons. The van der Waals surface area contributed by atoms with Crippen LogP contribution in [0.5, 0.6) is 5.75 Å². The lowest BCUT2D eigenvalue weighted by molar-refractivity contribution is 0.110. The van der Waals surface area contributed by atoms with Crippen molar-refractivity contribution in [2.45, 2.75) is 6.54 Å². The number of halogens is 1. The van der Waals surface area contributed by atoms with Gasteiger partial charge in [0.15, 0.2) is 0 Å². The van der Waals surface area contributed by atoms with Crippen LogP contribution in [-0.2, 0) is 16.0 Å². The zero-order valence-electron chi connectivity index (χ0n) is 10.9. The number of rotatable bonds is 8. The minimum atomic E-state index is 0.152. The fourth-order valence-electron chi connectivity index (χ4n) is 1.64. The van der Waals surface area contributed by atoms with Crippen molar-refractivity contribution in [1.29, 1.82) is 0 Å². The Kier molecular flexibility index (Phi) is 7.05. The van der Waals surface area contributed by atoms with Gasteiger partial charge in [-0.05, 0) is 6.07 Å². The molecule has 5 heteroatoms. The molecule has 0 saturated heterocycles. The lowest BCUT2D eigenvalue weighted by Gasteiger charge is -2.22. The van der Waals surface area contributed by atoms with Crippen molar-refractivity contribution in [2.24, 2.45) is 0 Å². The van der Waals surface area contributed by atoms with E-state index in [4.69, 9.17) is 21.1 Å². The quantitative estimate of drug-likeness (QED) is 0.788. The Morgan fingerprint density at radius 1 is 1.17 bits per heavy atom. The second-order valence-corrected chi connectivity index (χ2v) is 4.42. The molecule has 0 aliphatic heterocycles. The number of methoxy groups -OCH3 is 2. The Morgan fingerprint density at radius 2 is 1.78 bits per heavy atom. The van der Waals surface area contributed by atoms with Crippen molar-refractivity contribution in [1.82, 2.24) is 4.90 Å². The molecule has 18 heavy (non-hydrogen) atoms. The summed E-state index contributed by atoms with van der Waals surface area (Å²) in [7, 11) is 3.34. The molecule has 4 nitrogen and oxygen atoms in total. The van der Waals surface area contributed by atoms with E-state index in [-0.39, 0.29) is 5.75 Å². The van der Waals surface area contributed by atoms with Gasteiger partial charge in [-0.1, -0.05) is 23.7 Å². The maximum atomic E-state index is 9.88. The Labute approximate surface area is 113 Å². The molecule has 0 fully saturated rings. The lowest BCUT2D eigenvalue weighted by Crippen LogP contribution is -2.30. The Bertz CT molecular complexity index is 352. The number of nitrogens with zero attached hydrogens (tertiary/aromatic N) is 1. The van der Waals surface area contributed by atoms with Crippen molar-refractivity contribution in [2.75, 3.05) is 40.5 Å². The Morgan fingerprint density at radius 3 is 2.33 bits per heavy atom. The summed E-state index contributed by atoms with van der Waals surface area (Å²) in [4.78, 5) is 2.15. The van der Waals surface area contributed by atoms with Crippen LogP contribution in [0, 0.1) is 0 Å². The highest BCUT2D eigenvalue weighted by Gasteiger charge is 2.10. The minimum Gasteiger partial charge on any atom is -0.506 e. The van der Waals surface area contributed by atoms with Crippen molar-refractivity contribution in [3.63, 3.8) is 0 Å². The minimum absolute atomic E-state index is 0.152. The predicted molar refractivity (Wildman–Crippen MR) is 72.1 cm³/mol. The molecule has 0 aliphatic carbocycles. The van der Waals surface area contributed by atoms with E-state index < -0.39 is 0 Å². The molecule has 0 heterocycles. The fraction of sp³-hybridized carbons (Fsp3) is 0.538. The van der Waals surface area contributed by atoms with Crippen molar-refractivity contribution in [3.05, 3.63) is 28.8 Å². The van der Waals surface area contributed by atoms with E-state index in [0.717, 1.165) is 18.7 Å². The summed E-state index contributed by atoms with van der Waals surface area (Å²) in [6.45, 7) is 3.48. The van der Waals surface area contributed by atoms with E-state index in [0.29, 0.717) is 24.8 Å². The first-order chi connectivity index (χ1) is 8.69. The van der Waals surface area contributed by atoms with E-state index in [1.54, 1.807) is 20.3 Å². The van der Waals surface area contributed by atoms with Crippen LogP contribution in [-0.4, -0.2) is 50.5 Å². The van der Waals surface area contributed by atoms with Crippen LogP contribution in [0.1, 0.15) is 5.56 Å². The number of benzene rings is 1. The maximum absolute atomic E-state index is 9.88. The molecule has 0 atom stereocenters. The van der Waals surface area contributed by atoms with Crippen LogP contribution in [0.2, 0.25) is 5.02 Å². The van der Waals surface area contributed by atoms with E-state index in [1.807, 2.05) is 12.1 Å². The first kappa shape index (κ1) is 15.2. The SMILES string of the molecule is COCCN(CCOC)Cc1cccc(Cl)c1O. The number of para-hydroxylation sites is 1. The molecule has 0 unspecified atom stereocenters. The van der Waals surface area contributed by atoms with Gasteiger partial charge < -0.3 is 14.6 Å². The molecule has 0 saturated carbocycles. The summed E-state index contributed by atoms with van der Waals surface area (Å²) >= 11 is 5.89.